The Balaban J connectivity index is 1.51. The van der Waals surface area contributed by atoms with E-state index in [1.165, 1.54) is 0 Å². The normalized spacial score (nSPS) is 19.4. The zero-order valence-corrected chi connectivity index (χ0v) is 20.9. The molecule has 1 amide bonds. The van der Waals surface area contributed by atoms with Gasteiger partial charge in [0.1, 0.15) is 5.75 Å². The predicted molar refractivity (Wildman–Crippen MR) is 132 cm³/mol. The van der Waals surface area contributed by atoms with E-state index in [1.807, 2.05) is 24.3 Å². The van der Waals surface area contributed by atoms with Crippen molar-refractivity contribution < 1.29 is 33.3 Å². The van der Waals surface area contributed by atoms with Gasteiger partial charge in [-0.25, -0.2) is 0 Å². The zero-order valence-electron chi connectivity index (χ0n) is 20.9. The molecule has 0 saturated carbocycles. The number of ketones is 1. The Morgan fingerprint density at radius 1 is 1.08 bits per heavy atom. The summed E-state index contributed by atoms with van der Waals surface area (Å²) in [5.74, 6) is 0.294. The van der Waals surface area contributed by atoms with E-state index in [-0.39, 0.29) is 18.1 Å². The van der Waals surface area contributed by atoms with Gasteiger partial charge in [-0.1, -0.05) is 31.5 Å². The summed E-state index contributed by atoms with van der Waals surface area (Å²) in [6, 6.07) is 11.9. The van der Waals surface area contributed by atoms with Gasteiger partial charge in [-0.3, -0.25) is 14.4 Å². The Morgan fingerprint density at radius 3 is 2.64 bits per heavy atom. The molecule has 1 saturated heterocycles. The maximum atomic E-state index is 13.3. The lowest BCUT2D eigenvalue weighted by molar-refractivity contribution is -0.156. The molecule has 2 atom stereocenters. The SMILES string of the molecule is CCCCN1C(=O)CCC(C(=O)OCC(=O)c2ccc3c(c2)OCCCO3)C1c1ccccc1OC. The summed E-state index contributed by atoms with van der Waals surface area (Å²) in [5.41, 5.74) is 1.15. The van der Waals surface area contributed by atoms with E-state index in [0.29, 0.717) is 49.0 Å². The van der Waals surface area contributed by atoms with Gasteiger partial charge < -0.3 is 23.8 Å². The highest BCUT2D eigenvalue weighted by atomic mass is 16.5. The number of para-hydroxylation sites is 1. The van der Waals surface area contributed by atoms with E-state index in [4.69, 9.17) is 18.9 Å². The Kier molecular flexibility index (Phi) is 8.46. The first-order valence-electron chi connectivity index (χ1n) is 12.5. The average Bonchev–Trinajstić information content (AvgIpc) is 3.15. The fourth-order valence-electron chi connectivity index (χ4n) is 4.75. The van der Waals surface area contributed by atoms with Gasteiger partial charge in [-0.15, -0.1) is 0 Å². The molecule has 4 rings (SSSR count). The number of unbranched alkanes of at least 4 members (excludes halogenated alkanes) is 1. The van der Waals surface area contributed by atoms with E-state index in [0.717, 1.165) is 24.8 Å². The molecule has 8 nitrogen and oxygen atoms in total. The van der Waals surface area contributed by atoms with Crippen LogP contribution in [0.2, 0.25) is 0 Å². The summed E-state index contributed by atoms with van der Waals surface area (Å²) in [6.45, 7) is 3.28. The zero-order chi connectivity index (χ0) is 25.5. The number of benzene rings is 2. The van der Waals surface area contributed by atoms with Crippen molar-refractivity contribution >= 4 is 17.7 Å². The van der Waals surface area contributed by atoms with Gasteiger partial charge in [0.05, 0.1) is 32.3 Å². The third-order valence-electron chi connectivity index (χ3n) is 6.63. The van der Waals surface area contributed by atoms with Crippen LogP contribution >= 0.6 is 0 Å². The second kappa shape index (κ2) is 11.9. The number of methoxy groups -OCH3 is 1. The number of rotatable bonds is 9. The molecular formula is C28H33NO7. The molecule has 0 N–H and O–H groups in total. The first kappa shape index (κ1) is 25.5. The second-order valence-electron chi connectivity index (χ2n) is 9.02. The molecule has 2 heterocycles. The number of amides is 1. The number of carbonyl (C=O) groups is 3. The quantitative estimate of drug-likeness (QED) is 0.377. The molecule has 2 aromatic carbocycles. The van der Waals surface area contributed by atoms with Crippen molar-refractivity contribution in [1.82, 2.24) is 4.90 Å². The van der Waals surface area contributed by atoms with Crippen LogP contribution in [0.1, 0.15) is 61.0 Å². The summed E-state index contributed by atoms with van der Waals surface area (Å²) in [6.07, 6.45) is 3.11. The number of fused-ring (bicyclic) bond motifs is 1. The molecule has 0 aliphatic carbocycles. The van der Waals surface area contributed by atoms with Crippen LogP contribution in [0.25, 0.3) is 0 Å². The van der Waals surface area contributed by atoms with Crippen LogP contribution < -0.4 is 14.2 Å². The second-order valence-corrected chi connectivity index (χ2v) is 9.02. The molecule has 2 aliphatic heterocycles. The molecule has 1 fully saturated rings. The lowest BCUT2D eigenvalue weighted by Crippen LogP contribution is -2.46. The molecule has 0 radical (unpaired) electrons. The van der Waals surface area contributed by atoms with Crippen molar-refractivity contribution in [3.05, 3.63) is 53.6 Å². The minimum atomic E-state index is -0.604. The average molecular weight is 496 g/mol. The third kappa shape index (κ3) is 5.64. The van der Waals surface area contributed by atoms with E-state index < -0.39 is 24.5 Å². The van der Waals surface area contributed by atoms with Gasteiger partial charge in [0.2, 0.25) is 5.91 Å². The molecule has 0 spiro atoms. The van der Waals surface area contributed by atoms with E-state index in [9.17, 15) is 14.4 Å². The number of hydrogen-bond donors (Lipinski definition) is 0. The summed E-state index contributed by atoms with van der Waals surface area (Å²) >= 11 is 0. The summed E-state index contributed by atoms with van der Waals surface area (Å²) < 4.78 is 22.4. The minimum absolute atomic E-state index is 0.00618. The monoisotopic (exact) mass is 495 g/mol. The van der Waals surface area contributed by atoms with Gasteiger partial charge in [-0.05, 0) is 37.1 Å². The number of carbonyl (C=O) groups excluding carboxylic acids is 3. The predicted octanol–water partition coefficient (Wildman–Crippen LogP) is 4.36. The summed E-state index contributed by atoms with van der Waals surface area (Å²) in [5, 5.41) is 0. The van der Waals surface area contributed by atoms with Crippen LogP contribution in [0.5, 0.6) is 17.2 Å². The Morgan fingerprint density at radius 2 is 1.86 bits per heavy atom. The van der Waals surface area contributed by atoms with Gasteiger partial charge in [-0.2, -0.15) is 0 Å². The number of nitrogens with zero attached hydrogens (tertiary/aromatic N) is 1. The highest BCUT2D eigenvalue weighted by Gasteiger charge is 2.42. The molecule has 0 bridgehead atoms. The lowest BCUT2D eigenvalue weighted by atomic mass is 9.83. The van der Waals surface area contributed by atoms with Crippen LogP contribution in [0.15, 0.2) is 42.5 Å². The number of piperidine rings is 1. The molecule has 36 heavy (non-hydrogen) atoms. The molecule has 2 aromatic rings. The molecular weight excluding hydrogens is 462 g/mol. The largest absolute Gasteiger partial charge is 0.496 e. The van der Waals surface area contributed by atoms with Crippen LogP contribution in [0.4, 0.5) is 0 Å². The van der Waals surface area contributed by atoms with E-state index in [2.05, 4.69) is 6.92 Å². The summed E-state index contributed by atoms with van der Waals surface area (Å²) in [7, 11) is 1.57. The van der Waals surface area contributed by atoms with Gasteiger partial charge in [0.15, 0.2) is 23.9 Å². The number of Topliss-reactive ketones (excluding diaryl/α,β-unsaturated/α-hetero) is 1. The van der Waals surface area contributed by atoms with Crippen molar-refractivity contribution in [3.8, 4) is 17.2 Å². The highest BCUT2D eigenvalue weighted by molar-refractivity contribution is 5.98. The first-order chi connectivity index (χ1) is 17.5. The number of likely N-dealkylation sites (tertiary alicyclic amines) is 1. The van der Waals surface area contributed by atoms with Gasteiger partial charge in [0, 0.05) is 30.5 Å². The van der Waals surface area contributed by atoms with Crippen LogP contribution in [-0.2, 0) is 14.3 Å². The molecule has 8 heteroatoms. The molecule has 192 valence electrons. The lowest BCUT2D eigenvalue weighted by Gasteiger charge is -2.40. The maximum Gasteiger partial charge on any atom is 0.311 e. The standard InChI is InChI=1S/C28H33NO7/c1-3-4-14-29-26(31)13-11-21(27(29)20-8-5-6-9-23(20)33-2)28(32)36-18-22(30)19-10-12-24-25(17-19)35-16-7-15-34-24/h5-6,8-10,12,17,21,27H,3-4,7,11,13-16,18H2,1-2H3. The van der Waals surface area contributed by atoms with Crippen molar-refractivity contribution in [3.63, 3.8) is 0 Å². The smallest absolute Gasteiger partial charge is 0.311 e. The Bertz CT molecular complexity index is 1100. The first-order valence-corrected chi connectivity index (χ1v) is 12.5. The maximum absolute atomic E-state index is 13.3. The Hall–Kier alpha value is -3.55. The van der Waals surface area contributed by atoms with Gasteiger partial charge >= 0.3 is 5.97 Å². The van der Waals surface area contributed by atoms with Crippen molar-refractivity contribution in [2.24, 2.45) is 5.92 Å². The fraction of sp³-hybridized carbons (Fsp3) is 0.464. The van der Waals surface area contributed by atoms with Crippen LogP contribution in [0.3, 0.4) is 0 Å². The molecule has 0 aromatic heterocycles. The number of ether oxygens (including phenoxy) is 4. The van der Waals surface area contributed by atoms with Crippen molar-refractivity contribution in [2.75, 3.05) is 33.5 Å². The van der Waals surface area contributed by atoms with Crippen LogP contribution in [-0.4, -0.2) is 56.0 Å². The van der Waals surface area contributed by atoms with Crippen LogP contribution in [0, 0.1) is 5.92 Å². The number of esters is 1. The highest BCUT2D eigenvalue weighted by Crippen LogP contribution is 2.41. The molecule has 2 aliphatic rings. The Labute approximate surface area is 211 Å². The minimum Gasteiger partial charge on any atom is -0.496 e. The number of hydrogen-bond acceptors (Lipinski definition) is 7. The van der Waals surface area contributed by atoms with Crippen molar-refractivity contribution in [1.29, 1.82) is 0 Å². The fourth-order valence-corrected chi connectivity index (χ4v) is 4.75. The van der Waals surface area contributed by atoms with Gasteiger partial charge in [0.25, 0.3) is 0 Å². The van der Waals surface area contributed by atoms with Crippen molar-refractivity contribution in [2.45, 2.75) is 45.1 Å². The topological polar surface area (TPSA) is 91.4 Å². The van der Waals surface area contributed by atoms with E-state index >= 15 is 0 Å². The molecule has 2 unspecified atom stereocenters. The van der Waals surface area contributed by atoms with E-state index in [1.54, 1.807) is 30.2 Å². The summed E-state index contributed by atoms with van der Waals surface area (Å²) in [4.78, 5) is 40.8. The third-order valence-corrected chi connectivity index (χ3v) is 6.63.